The predicted molar refractivity (Wildman–Crippen MR) is 69.5 cm³/mol. The fourth-order valence-electron chi connectivity index (χ4n) is 2.06. The lowest BCUT2D eigenvalue weighted by molar-refractivity contribution is -0.130. The average molecular weight is 264 g/mol. The number of nitrogens with zero attached hydrogens (tertiary/aromatic N) is 1. The summed E-state index contributed by atoms with van der Waals surface area (Å²) < 4.78 is 10.4. The molecule has 1 unspecified atom stereocenters. The van der Waals surface area contributed by atoms with Crippen LogP contribution in [0, 0.1) is 0 Å². The summed E-state index contributed by atoms with van der Waals surface area (Å²) in [6.07, 6.45) is 0. The van der Waals surface area contributed by atoms with Crippen LogP contribution < -0.4 is 19.7 Å². The highest BCUT2D eigenvalue weighted by atomic mass is 16.5. The van der Waals surface area contributed by atoms with Gasteiger partial charge in [-0.15, -0.1) is 0 Å². The molecule has 1 aliphatic rings. The molecule has 1 heterocycles. The minimum Gasteiger partial charge on any atom is -0.497 e. The lowest BCUT2D eigenvalue weighted by atomic mass is 10.1. The minimum absolute atomic E-state index is 0.00163. The van der Waals surface area contributed by atoms with Crippen LogP contribution in [-0.2, 0) is 9.59 Å². The molecule has 1 saturated heterocycles. The fourth-order valence-corrected chi connectivity index (χ4v) is 2.06. The Hall–Kier alpha value is -2.24. The molecule has 2 rings (SSSR count). The minimum atomic E-state index is -0.566. The van der Waals surface area contributed by atoms with Gasteiger partial charge in [0.2, 0.25) is 11.8 Å². The standard InChI is InChI=1S/C13H16N2O4/c1-8-13(17)14-7-12(16)15(8)10-5-4-9(18-2)6-11(10)19-3/h4-6,8H,7H2,1-3H3,(H,14,17). The molecule has 19 heavy (non-hydrogen) atoms. The van der Waals surface area contributed by atoms with Crippen molar-refractivity contribution in [3.8, 4) is 11.5 Å². The monoisotopic (exact) mass is 264 g/mol. The van der Waals surface area contributed by atoms with Crippen molar-refractivity contribution in [3.05, 3.63) is 18.2 Å². The first kappa shape index (κ1) is 13.2. The molecule has 6 heteroatoms. The Bertz CT molecular complexity index is 515. The highest BCUT2D eigenvalue weighted by molar-refractivity contribution is 6.07. The van der Waals surface area contributed by atoms with Crippen molar-refractivity contribution in [3.63, 3.8) is 0 Å². The average Bonchev–Trinajstić information content (AvgIpc) is 2.43. The third kappa shape index (κ3) is 2.33. The van der Waals surface area contributed by atoms with Gasteiger partial charge in [0.15, 0.2) is 0 Å². The van der Waals surface area contributed by atoms with Gasteiger partial charge in [-0.1, -0.05) is 0 Å². The highest BCUT2D eigenvalue weighted by Gasteiger charge is 2.33. The van der Waals surface area contributed by atoms with Crippen molar-refractivity contribution in [2.45, 2.75) is 13.0 Å². The first-order chi connectivity index (χ1) is 9.08. The van der Waals surface area contributed by atoms with Crippen molar-refractivity contribution in [2.75, 3.05) is 25.7 Å². The van der Waals surface area contributed by atoms with Gasteiger partial charge in [0.1, 0.15) is 17.5 Å². The maximum atomic E-state index is 12.0. The molecular weight excluding hydrogens is 248 g/mol. The Morgan fingerprint density at radius 3 is 2.63 bits per heavy atom. The van der Waals surface area contributed by atoms with Crippen LogP contribution in [-0.4, -0.2) is 38.6 Å². The smallest absolute Gasteiger partial charge is 0.247 e. The summed E-state index contributed by atoms with van der Waals surface area (Å²) in [5.74, 6) is 0.768. The number of piperazine rings is 1. The van der Waals surface area contributed by atoms with Crippen LogP contribution in [0.1, 0.15) is 6.92 Å². The molecule has 1 N–H and O–H groups in total. The van der Waals surface area contributed by atoms with Crippen molar-refractivity contribution < 1.29 is 19.1 Å². The summed E-state index contributed by atoms with van der Waals surface area (Å²) in [7, 11) is 3.06. The van der Waals surface area contributed by atoms with Crippen molar-refractivity contribution >= 4 is 17.5 Å². The van der Waals surface area contributed by atoms with Crippen molar-refractivity contribution in [2.24, 2.45) is 0 Å². The summed E-state index contributed by atoms with van der Waals surface area (Å²) in [6.45, 7) is 1.68. The SMILES string of the molecule is COc1ccc(N2C(=O)CNC(=O)C2C)c(OC)c1. The van der Waals surface area contributed by atoms with E-state index in [9.17, 15) is 9.59 Å². The van der Waals surface area contributed by atoms with E-state index >= 15 is 0 Å². The van der Waals surface area contributed by atoms with Gasteiger partial charge in [-0.2, -0.15) is 0 Å². The van der Waals surface area contributed by atoms with Gasteiger partial charge in [0.25, 0.3) is 0 Å². The molecule has 1 aromatic rings. The molecule has 0 radical (unpaired) electrons. The summed E-state index contributed by atoms with van der Waals surface area (Å²) in [4.78, 5) is 25.1. The number of nitrogens with one attached hydrogen (secondary N) is 1. The van der Waals surface area contributed by atoms with Crippen LogP contribution in [0.25, 0.3) is 0 Å². The van der Waals surface area contributed by atoms with Crippen LogP contribution in [0.5, 0.6) is 11.5 Å². The van der Waals surface area contributed by atoms with Gasteiger partial charge < -0.3 is 14.8 Å². The zero-order valence-corrected chi connectivity index (χ0v) is 11.1. The Balaban J connectivity index is 2.44. The van der Waals surface area contributed by atoms with Gasteiger partial charge in [-0.25, -0.2) is 0 Å². The number of methoxy groups -OCH3 is 2. The molecule has 1 aromatic carbocycles. The molecule has 102 valence electrons. The van der Waals surface area contributed by atoms with Crippen molar-refractivity contribution in [1.82, 2.24) is 5.32 Å². The van der Waals surface area contributed by atoms with E-state index < -0.39 is 6.04 Å². The quantitative estimate of drug-likeness (QED) is 0.866. The van der Waals surface area contributed by atoms with Crippen LogP contribution >= 0.6 is 0 Å². The van der Waals surface area contributed by atoms with Crippen LogP contribution in [0.3, 0.4) is 0 Å². The first-order valence-corrected chi connectivity index (χ1v) is 5.90. The largest absolute Gasteiger partial charge is 0.497 e. The summed E-state index contributed by atoms with van der Waals surface area (Å²) in [5, 5.41) is 2.55. The Labute approximate surface area is 111 Å². The summed E-state index contributed by atoms with van der Waals surface area (Å²) >= 11 is 0. The molecular formula is C13H16N2O4. The number of ether oxygens (including phenoxy) is 2. The number of hydrogen-bond acceptors (Lipinski definition) is 4. The predicted octanol–water partition coefficient (Wildman–Crippen LogP) is 0.555. The van der Waals surface area contributed by atoms with E-state index in [2.05, 4.69) is 5.32 Å². The number of rotatable bonds is 3. The third-order valence-electron chi connectivity index (χ3n) is 3.10. The fraction of sp³-hybridized carbons (Fsp3) is 0.385. The first-order valence-electron chi connectivity index (χ1n) is 5.90. The molecule has 1 aliphatic heterocycles. The van der Waals surface area contributed by atoms with E-state index in [-0.39, 0.29) is 18.4 Å². The number of carbonyl (C=O) groups excluding carboxylic acids is 2. The van der Waals surface area contributed by atoms with E-state index in [0.29, 0.717) is 17.2 Å². The number of carbonyl (C=O) groups is 2. The van der Waals surface area contributed by atoms with Crippen molar-refractivity contribution in [1.29, 1.82) is 0 Å². The number of amides is 2. The number of hydrogen-bond donors (Lipinski definition) is 1. The van der Waals surface area contributed by atoms with Gasteiger partial charge in [-0.3, -0.25) is 14.5 Å². The third-order valence-corrected chi connectivity index (χ3v) is 3.10. The highest BCUT2D eigenvalue weighted by Crippen LogP contribution is 2.34. The van der Waals surface area contributed by atoms with Gasteiger partial charge in [-0.05, 0) is 19.1 Å². The maximum absolute atomic E-state index is 12.0. The molecule has 0 saturated carbocycles. The lowest BCUT2D eigenvalue weighted by Crippen LogP contribution is -2.57. The maximum Gasteiger partial charge on any atom is 0.247 e. The van der Waals surface area contributed by atoms with E-state index in [1.165, 1.54) is 12.0 Å². The van der Waals surface area contributed by atoms with Crippen LogP contribution in [0.4, 0.5) is 5.69 Å². The van der Waals surface area contributed by atoms with Crippen LogP contribution in [0.15, 0.2) is 18.2 Å². The summed E-state index contributed by atoms with van der Waals surface area (Å²) in [6, 6.07) is 4.56. The molecule has 0 aromatic heterocycles. The molecule has 1 fully saturated rings. The zero-order valence-electron chi connectivity index (χ0n) is 11.1. The second-order valence-corrected chi connectivity index (χ2v) is 4.20. The number of anilines is 1. The second kappa shape index (κ2) is 5.17. The molecule has 1 atom stereocenters. The lowest BCUT2D eigenvalue weighted by Gasteiger charge is -2.33. The van der Waals surface area contributed by atoms with Crippen LogP contribution in [0.2, 0.25) is 0 Å². The Morgan fingerprint density at radius 2 is 2.00 bits per heavy atom. The van der Waals surface area contributed by atoms with Gasteiger partial charge in [0, 0.05) is 6.07 Å². The zero-order chi connectivity index (χ0) is 14.0. The van der Waals surface area contributed by atoms with E-state index in [0.717, 1.165) is 0 Å². The second-order valence-electron chi connectivity index (χ2n) is 4.20. The van der Waals surface area contributed by atoms with E-state index in [4.69, 9.17) is 9.47 Å². The van der Waals surface area contributed by atoms with Gasteiger partial charge in [0.05, 0.1) is 26.5 Å². The molecule has 0 aliphatic carbocycles. The van der Waals surface area contributed by atoms with E-state index in [1.807, 2.05) is 0 Å². The molecule has 0 bridgehead atoms. The number of benzene rings is 1. The van der Waals surface area contributed by atoms with Gasteiger partial charge >= 0.3 is 0 Å². The topological polar surface area (TPSA) is 67.9 Å². The normalized spacial score (nSPS) is 19.1. The Morgan fingerprint density at radius 1 is 1.26 bits per heavy atom. The van der Waals surface area contributed by atoms with E-state index in [1.54, 1.807) is 32.2 Å². The molecule has 6 nitrogen and oxygen atoms in total. The Kier molecular flexibility index (Phi) is 3.59. The summed E-state index contributed by atoms with van der Waals surface area (Å²) in [5.41, 5.74) is 0.565. The molecule has 0 spiro atoms. The molecule has 2 amide bonds.